The summed E-state index contributed by atoms with van der Waals surface area (Å²) in [6, 6.07) is 0. The molecule has 0 saturated heterocycles. The Labute approximate surface area is 66.8 Å². The van der Waals surface area contributed by atoms with Crippen molar-refractivity contribution in [3.63, 3.8) is 0 Å². The molecule has 0 rings (SSSR count). The van der Waals surface area contributed by atoms with Gasteiger partial charge in [0.25, 0.3) is 10.1 Å². The Bertz CT molecular complexity index is 188. The van der Waals surface area contributed by atoms with Crippen LogP contribution >= 0.6 is 0 Å². The normalized spacial score (nSPS) is 12.4. The first kappa shape index (κ1) is 10.8. The van der Waals surface area contributed by atoms with E-state index in [2.05, 4.69) is 4.18 Å². The molecule has 5 nitrogen and oxygen atoms in total. The van der Waals surface area contributed by atoms with Crippen LogP contribution in [0.5, 0.6) is 0 Å². The van der Waals surface area contributed by atoms with Crippen molar-refractivity contribution in [3.8, 4) is 0 Å². The summed E-state index contributed by atoms with van der Waals surface area (Å²) in [7, 11) is -3.39. The number of hydrogen-bond donors (Lipinski definition) is 2. The molecule has 0 aliphatic carbocycles. The van der Waals surface area contributed by atoms with Gasteiger partial charge in [0.2, 0.25) is 0 Å². The van der Waals surface area contributed by atoms with E-state index in [0.717, 1.165) is 0 Å². The van der Waals surface area contributed by atoms with E-state index < -0.39 is 16.3 Å². The highest BCUT2D eigenvalue weighted by molar-refractivity contribution is 7.86. The molecule has 0 aromatic carbocycles. The number of hydrogen-bond acceptors (Lipinski definition) is 5. The molecular formula is C5H14N2O3S. The summed E-state index contributed by atoms with van der Waals surface area (Å²) in [6.45, 7) is 1.60. The van der Waals surface area contributed by atoms with Crippen molar-refractivity contribution in [1.29, 1.82) is 0 Å². The minimum atomic E-state index is -3.39. The Hall–Kier alpha value is -0.170. The van der Waals surface area contributed by atoms with Gasteiger partial charge >= 0.3 is 0 Å². The van der Waals surface area contributed by atoms with Crippen molar-refractivity contribution in [3.05, 3.63) is 0 Å². The van der Waals surface area contributed by atoms with Crippen LogP contribution in [0.15, 0.2) is 0 Å². The van der Waals surface area contributed by atoms with Gasteiger partial charge in [0.15, 0.2) is 0 Å². The Kier molecular flexibility index (Phi) is 4.58. The summed E-state index contributed by atoms with van der Waals surface area (Å²) in [5.74, 6) is 0.0136. The van der Waals surface area contributed by atoms with Crippen LogP contribution in [0.4, 0.5) is 0 Å². The lowest BCUT2D eigenvalue weighted by Gasteiger charge is -2.05. The van der Waals surface area contributed by atoms with Gasteiger partial charge in [0, 0.05) is 0 Å². The Morgan fingerprint density at radius 1 is 1.45 bits per heavy atom. The van der Waals surface area contributed by atoms with Gasteiger partial charge in [-0.3, -0.25) is 4.18 Å². The van der Waals surface area contributed by atoms with Gasteiger partial charge < -0.3 is 11.5 Å². The average Bonchev–Trinajstić information content (AvgIpc) is 1.84. The fraction of sp³-hybridized carbons (Fsp3) is 1.00. The molecule has 0 aromatic heterocycles. The third-order valence-corrected chi connectivity index (χ3v) is 2.30. The van der Waals surface area contributed by atoms with Crippen molar-refractivity contribution in [2.45, 2.75) is 19.5 Å². The summed E-state index contributed by atoms with van der Waals surface area (Å²) in [5.41, 5.74) is 10.2. The third kappa shape index (κ3) is 6.24. The minimum absolute atomic E-state index is 0.0136. The van der Waals surface area contributed by atoms with Gasteiger partial charge in [-0.25, -0.2) is 0 Å². The maximum absolute atomic E-state index is 10.8. The van der Waals surface area contributed by atoms with Crippen molar-refractivity contribution < 1.29 is 12.6 Å². The Morgan fingerprint density at radius 3 is 2.36 bits per heavy atom. The maximum atomic E-state index is 10.8. The zero-order chi connectivity index (χ0) is 8.91. The highest BCUT2D eigenvalue weighted by Gasteiger charge is 2.09. The van der Waals surface area contributed by atoms with Gasteiger partial charge in [0.1, 0.15) is 0 Å². The molecule has 4 N–H and O–H groups in total. The van der Waals surface area contributed by atoms with Gasteiger partial charge in [0.05, 0.1) is 18.5 Å². The van der Waals surface area contributed by atoms with E-state index >= 15 is 0 Å². The molecule has 0 fully saturated rings. The molecule has 0 unspecified atom stereocenters. The second kappa shape index (κ2) is 4.66. The van der Waals surface area contributed by atoms with Crippen LogP contribution in [-0.4, -0.2) is 26.9 Å². The summed E-state index contributed by atoms with van der Waals surface area (Å²) in [6.07, 6.45) is -0.205. The molecule has 0 spiro atoms. The van der Waals surface area contributed by atoms with E-state index in [1.54, 1.807) is 6.92 Å². The molecule has 0 aromatic rings. The second-order valence-corrected chi connectivity index (χ2v) is 3.97. The Balaban J connectivity index is 3.74. The minimum Gasteiger partial charge on any atom is -0.314 e. The van der Waals surface area contributed by atoms with E-state index in [1.165, 1.54) is 0 Å². The first-order valence-corrected chi connectivity index (χ1v) is 4.94. The summed E-state index contributed by atoms with van der Waals surface area (Å²) < 4.78 is 26.1. The fourth-order valence-electron chi connectivity index (χ4n) is 0.491. The molecule has 0 atom stereocenters. The molecule has 68 valence electrons. The molecule has 6 heteroatoms. The van der Waals surface area contributed by atoms with Crippen LogP contribution in [0.1, 0.15) is 13.3 Å². The van der Waals surface area contributed by atoms with Crippen LogP contribution < -0.4 is 11.5 Å². The Morgan fingerprint density at radius 2 is 2.00 bits per heavy atom. The van der Waals surface area contributed by atoms with Crippen LogP contribution in [0.25, 0.3) is 0 Å². The largest absolute Gasteiger partial charge is 0.314 e. The predicted molar refractivity (Wildman–Crippen MR) is 42.2 cm³/mol. The van der Waals surface area contributed by atoms with Gasteiger partial charge in [-0.2, -0.15) is 8.42 Å². The monoisotopic (exact) mass is 182 g/mol. The second-order valence-electron chi connectivity index (χ2n) is 2.21. The first-order valence-electron chi connectivity index (χ1n) is 3.36. The zero-order valence-electron chi connectivity index (χ0n) is 6.49. The van der Waals surface area contributed by atoms with Gasteiger partial charge in [-0.05, 0) is 6.42 Å². The quantitative estimate of drug-likeness (QED) is 0.419. The van der Waals surface area contributed by atoms with Gasteiger partial charge in [-0.1, -0.05) is 6.92 Å². The molecule has 0 amide bonds. The molecule has 0 saturated carbocycles. The summed E-state index contributed by atoms with van der Waals surface area (Å²) in [5, 5.41) is 0. The smallest absolute Gasteiger partial charge is 0.267 e. The van der Waals surface area contributed by atoms with Crippen molar-refractivity contribution in [2.24, 2.45) is 11.5 Å². The lowest BCUT2D eigenvalue weighted by atomic mass is 10.6. The SMILES string of the molecule is CCCS(=O)(=O)OCC(N)N. The zero-order valence-corrected chi connectivity index (χ0v) is 7.30. The number of rotatable bonds is 5. The molecule has 0 aliphatic rings. The summed E-state index contributed by atoms with van der Waals surface area (Å²) in [4.78, 5) is 0. The van der Waals surface area contributed by atoms with Crippen molar-refractivity contribution in [2.75, 3.05) is 12.4 Å². The molecule has 11 heavy (non-hydrogen) atoms. The average molecular weight is 182 g/mol. The van der Waals surface area contributed by atoms with Crippen molar-refractivity contribution >= 4 is 10.1 Å². The molecule has 0 bridgehead atoms. The predicted octanol–water partition coefficient (Wildman–Crippen LogP) is -1.01. The molecule has 0 aliphatic heterocycles. The fourth-order valence-corrected chi connectivity index (χ4v) is 1.47. The van der Waals surface area contributed by atoms with E-state index in [4.69, 9.17) is 11.5 Å². The van der Waals surface area contributed by atoms with Crippen LogP contribution in [0.2, 0.25) is 0 Å². The molecular weight excluding hydrogens is 168 g/mol. The lowest BCUT2D eigenvalue weighted by Crippen LogP contribution is -2.36. The van der Waals surface area contributed by atoms with Crippen molar-refractivity contribution in [1.82, 2.24) is 0 Å². The topological polar surface area (TPSA) is 95.4 Å². The lowest BCUT2D eigenvalue weighted by molar-refractivity contribution is 0.294. The standard InChI is InChI=1S/C5H14N2O3S/c1-2-3-11(8,9)10-4-5(6)7/h5H,2-4,6-7H2,1H3. The first-order chi connectivity index (χ1) is 4.98. The highest BCUT2D eigenvalue weighted by Crippen LogP contribution is 1.95. The summed E-state index contributed by atoms with van der Waals surface area (Å²) >= 11 is 0. The van der Waals surface area contributed by atoms with E-state index in [9.17, 15) is 8.42 Å². The third-order valence-electron chi connectivity index (χ3n) is 0.894. The van der Waals surface area contributed by atoms with E-state index in [0.29, 0.717) is 6.42 Å². The van der Waals surface area contributed by atoms with Crippen LogP contribution in [0, 0.1) is 0 Å². The van der Waals surface area contributed by atoms with E-state index in [-0.39, 0.29) is 12.4 Å². The van der Waals surface area contributed by atoms with E-state index in [1.807, 2.05) is 0 Å². The maximum Gasteiger partial charge on any atom is 0.267 e. The van der Waals surface area contributed by atoms with Crippen LogP contribution in [0.3, 0.4) is 0 Å². The highest BCUT2D eigenvalue weighted by atomic mass is 32.2. The molecule has 0 radical (unpaired) electrons. The molecule has 0 heterocycles. The van der Waals surface area contributed by atoms with Crippen LogP contribution in [-0.2, 0) is 14.3 Å². The van der Waals surface area contributed by atoms with Gasteiger partial charge in [-0.15, -0.1) is 0 Å². The number of nitrogens with two attached hydrogens (primary N) is 2.